The van der Waals surface area contributed by atoms with Gasteiger partial charge in [-0.15, -0.1) is 11.3 Å². The third-order valence-electron chi connectivity index (χ3n) is 5.69. The van der Waals surface area contributed by atoms with Gasteiger partial charge in [-0.05, 0) is 41.8 Å². The average Bonchev–Trinajstić information content (AvgIpc) is 3.19. The largest absolute Gasteiger partial charge is 0.457 e. The Bertz CT molecular complexity index is 1270. The van der Waals surface area contributed by atoms with Crippen LogP contribution in [0.5, 0.6) is 0 Å². The van der Waals surface area contributed by atoms with E-state index in [1.807, 2.05) is 61.7 Å². The van der Waals surface area contributed by atoms with Gasteiger partial charge in [0, 0.05) is 32.4 Å². The number of hydrogen-bond acceptors (Lipinski definition) is 8. The van der Waals surface area contributed by atoms with E-state index in [1.54, 1.807) is 0 Å². The number of rotatable bonds is 5. The Labute approximate surface area is 200 Å². The lowest BCUT2D eigenvalue weighted by Gasteiger charge is -2.36. The van der Waals surface area contributed by atoms with Crippen LogP contribution in [-0.2, 0) is 11.3 Å². The van der Waals surface area contributed by atoms with E-state index in [-0.39, 0.29) is 17.9 Å². The predicted molar refractivity (Wildman–Crippen MR) is 131 cm³/mol. The van der Waals surface area contributed by atoms with Crippen LogP contribution >= 0.6 is 22.9 Å². The summed E-state index contributed by atoms with van der Waals surface area (Å²) in [4.78, 5) is 31.9. The number of nitrogens with zero attached hydrogens (tertiary/aromatic N) is 5. The Morgan fingerprint density at radius 1 is 1.03 bits per heavy atom. The molecule has 0 radical (unpaired) electrons. The van der Waals surface area contributed by atoms with Crippen molar-refractivity contribution in [3.8, 4) is 0 Å². The molecule has 0 amide bonds. The predicted octanol–water partition coefficient (Wildman–Crippen LogP) is 4.73. The van der Waals surface area contributed by atoms with Crippen LogP contribution in [0.25, 0.3) is 10.2 Å². The zero-order chi connectivity index (χ0) is 22.8. The molecule has 1 aliphatic heterocycles. The van der Waals surface area contributed by atoms with Gasteiger partial charge in [0.25, 0.3) is 0 Å². The van der Waals surface area contributed by atoms with Gasteiger partial charge in [0.15, 0.2) is 0 Å². The number of aromatic nitrogens is 3. The van der Waals surface area contributed by atoms with E-state index in [1.165, 1.54) is 11.3 Å². The van der Waals surface area contributed by atoms with E-state index in [9.17, 15) is 4.79 Å². The van der Waals surface area contributed by atoms with Gasteiger partial charge in [-0.2, -0.15) is 4.98 Å². The van der Waals surface area contributed by atoms with Gasteiger partial charge in [-0.1, -0.05) is 36.4 Å². The van der Waals surface area contributed by atoms with Gasteiger partial charge in [0.2, 0.25) is 5.28 Å². The normalized spacial score (nSPS) is 14.0. The lowest BCUT2D eigenvalue weighted by Crippen LogP contribution is -2.47. The first-order valence-electron chi connectivity index (χ1n) is 10.7. The topological polar surface area (TPSA) is 71.5 Å². The number of hydrogen-bond donors (Lipinski definition) is 0. The highest BCUT2D eigenvalue weighted by molar-refractivity contribution is 7.20. The van der Waals surface area contributed by atoms with Crippen LogP contribution in [0, 0.1) is 6.92 Å². The van der Waals surface area contributed by atoms with E-state index in [4.69, 9.17) is 16.3 Å². The summed E-state index contributed by atoms with van der Waals surface area (Å²) in [5.41, 5.74) is 1.77. The van der Waals surface area contributed by atoms with E-state index in [0.717, 1.165) is 54.3 Å². The number of ether oxygens (including phenoxy) is 1. The van der Waals surface area contributed by atoms with Crippen molar-refractivity contribution in [3.63, 3.8) is 0 Å². The van der Waals surface area contributed by atoms with Gasteiger partial charge in [-0.25, -0.2) is 14.8 Å². The summed E-state index contributed by atoms with van der Waals surface area (Å²) in [6.07, 6.45) is 1.81. The van der Waals surface area contributed by atoms with Gasteiger partial charge in [0.1, 0.15) is 28.0 Å². The number of aryl methyl sites for hydroxylation is 1. The third-order valence-corrected chi connectivity index (χ3v) is 7.03. The molecule has 9 heteroatoms. The van der Waals surface area contributed by atoms with Crippen LogP contribution in [0.2, 0.25) is 5.28 Å². The molecule has 0 N–H and O–H groups in total. The number of carbonyl (C=O) groups is 1. The van der Waals surface area contributed by atoms with Crippen molar-refractivity contribution in [2.45, 2.75) is 13.5 Å². The summed E-state index contributed by atoms with van der Waals surface area (Å²) in [6.45, 7) is 5.31. The number of benzene rings is 1. The molecule has 33 heavy (non-hydrogen) atoms. The average molecular weight is 480 g/mol. The molecule has 1 fully saturated rings. The highest BCUT2D eigenvalue weighted by Gasteiger charge is 2.26. The quantitative estimate of drug-likeness (QED) is 0.302. The first kappa shape index (κ1) is 21.6. The van der Waals surface area contributed by atoms with Crippen LogP contribution in [-0.4, -0.2) is 47.1 Å². The summed E-state index contributed by atoms with van der Waals surface area (Å²) in [6, 6.07) is 15.6. The lowest BCUT2D eigenvalue weighted by molar-refractivity contribution is 0.0478. The monoisotopic (exact) mass is 479 g/mol. The minimum Gasteiger partial charge on any atom is -0.457 e. The second-order valence-corrected chi connectivity index (χ2v) is 9.11. The molecule has 0 atom stereocenters. The highest BCUT2D eigenvalue weighted by Crippen LogP contribution is 2.37. The molecule has 4 heterocycles. The van der Waals surface area contributed by atoms with Crippen LogP contribution in [0.1, 0.15) is 20.8 Å². The SMILES string of the molecule is Cc1c(C(=O)OCc2ccccc2)sc2nc(Cl)nc(N3CCN(c4ccccn4)CC3)c12. The molecule has 168 valence electrons. The first-order chi connectivity index (χ1) is 16.1. The van der Waals surface area contributed by atoms with Crippen molar-refractivity contribution in [2.75, 3.05) is 36.0 Å². The molecule has 7 nitrogen and oxygen atoms in total. The number of pyridine rings is 1. The fraction of sp³-hybridized carbons (Fsp3) is 0.250. The fourth-order valence-electron chi connectivity index (χ4n) is 3.99. The van der Waals surface area contributed by atoms with Crippen molar-refractivity contribution < 1.29 is 9.53 Å². The molecular formula is C24H22ClN5O2S. The van der Waals surface area contributed by atoms with Gasteiger partial charge in [0.05, 0.1) is 5.39 Å². The number of thiophene rings is 1. The molecular weight excluding hydrogens is 458 g/mol. The molecule has 0 bridgehead atoms. The van der Waals surface area contributed by atoms with E-state index < -0.39 is 0 Å². The summed E-state index contributed by atoms with van der Waals surface area (Å²) in [5.74, 6) is 1.38. The fourth-order valence-corrected chi connectivity index (χ4v) is 5.28. The molecule has 0 spiro atoms. The molecule has 1 aliphatic rings. The number of fused-ring (bicyclic) bond motifs is 1. The van der Waals surface area contributed by atoms with Crippen LogP contribution < -0.4 is 9.80 Å². The Kier molecular flexibility index (Phi) is 6.11. The minimum absolute atomic E-state index is 0.176. The molecule has 1 saturated heterocycles. The molecule has 4 aromatic rings. The van der Waals surface area contributed by atoms with Crippen LogP contribution in [0.4, 0.5) is 11.6 Å². The minimum atomic E-state index is -0.360. The first-order valence-corrected chi connectivity index (χ1v) is 11.9. The summed E-state index contributed by atoms with van der Waals surface area (Å²) < 4.78 is 5.57. The van der Waals surface area contributed by atoms with Crippen LogP contribution in [0.15, 0.2) is 54.7 Å². The number of halogens is 1. The maximum Gasteiger partial charge on any atom is 0.349 e. The molecule has 5 rings (SSSR count). The summed E-state index contributed by atoms with van der Waals surface area (Å²) in [7, 11) is 0. The molecule has 3 aromatic heterocycles. The van der Waals surface area contributed by atoms with Crippen molar-refractivity contribution in [1.82, 2.24) is 15.0 Å². The van der Waals surface area contributed by atoms with Crippen molar-refractivity contribution in [1.29, 1.82) is 0 Å². The molecule has 0 saturated carbocycles. The number of anilines is 2. The van der Waals surface area contributed by atoms with E-state index in [2.05, 4.69) is 24.8 Å². The molecule has 1 aromatic carbocycles. The van der Waals surface area contributed by atoms with E-state index in [0.29, 0.717) is 9.71 Å². The third kappa shape index (κ3) is 4.49. The van der Waals surface area contributed by atoms with Gasteiger partial charge in [-0.3, -0.25) is 0 Å². The Morgan fingerprint density at radius 2 is 1.76 bits per heavy atom. The van der Waals surface area contributed by atoms with E-state index >= 15 is 0 Å². The second kappa shape index (κ2) is 9.33. The highest BCUT2D eigenvalue weighted by atomic mass is 35.5. The zero-order valence-corrected chi connectivity index (χ0v) is 19.6. The van der Waals surface area contributed by atoms with Gasteiger partial charge >= 0.3 is 5.97 Å². The number of piperazine rings is 1. The number of esters is 1. The smallest absolute Gasteiger partial charge is 0.349 e. The lowest BCUT2D eigenvalue weighted by atomic mass is 10.2. The van der Waals surface area contributed by atoms with Crippen molar-refractivity contribution in [3.05, 3.63) is 76.0 Å². The Morgan fingerprint density at radius 3 is 2.48 bits per heavy atom. The number of carbonyl (C=O) groups excluding carboxylic acids is 1. The zero-order valence-electron chi connectivity index (χ0n) is 18.1. The summed E-state index contributed by atoms with van der Waals surface area (Å²) >= 11 is 7.57. The van der Waals surface area contributed by atoms with Crippen molar-refractivity contribution >= 4 is 50.8 Å². The molecule has 0 aliphatic carbocycles. The Balaban J connectivity index is 1.38. The van der Waals surface area contributed by atoms with Crippen molar-refractivity contribution in [2.24, 2.45) is 0 Å². The maximum atomic E-state index is 12.9. The van der Waals surface area contributed by atoms with Gasteiger partial charge < -0.3 is 14.5 Å². The maximum absolute atomic E-state index is 12.9. The molecule has 0 unspecified atom stereocenters. The second-order valence-electron chi connectivity index (χ2n) is 7.78. The van der Waals surface area contributed by atoms with Crippen LogP contribution in [0.3, 0.4) is 0 Å². The summed E-state index contributed by atoms with van der Waals surface area (Å²) in [5, 5.41) is 1.04. The Hall–Kier alpha value is -3.23. The standard InChI is InChI=1S/C24H22ClN5O2S/c1-16-19-21(30-13-11-29(12-14-30)18-9-5-6-10-26-18)27-24(25)28-22(19)33-20(16)23(31)32-15-17-7-3-2-4-8-17/h2-10H,11-15H2,1H3.